The molecule has 31 heavy (non-hydrogen) atoms. The predicted molar refractivity (Wildman–Crippen MR) is 134 cm³/mol. The minimum atomic E-state index is -0.158. The van der Waals surface area contributed by atoms with Crippen LogP contribution in [0.5, 0.6) is 5.75 Å². The summed E-state index contributed by atoms with van der Waals surface area (Å²) in [5.41, 5.74) is 2.16. The molecular weight excluding hydrogens is 477 g/mol. The molecule has 0 saturated heterocycles. The molecule has 168 valence electrons. The van der Waals surface area contributed by atoms with E-state index in [9.17, 15) is 4.79 Å². The van der Waals surface area contributed by atoms with Crippen molar-refractivity contribution in [2.24, 2.45) is 0 Å². The van der Waals surface area contributed by atoms with Crippen LogP contribution in [0.2, 0.25) is 10.0 Å². The Morgan fingerprint density at radius 2 is 1.90 bits per heavy atom. The van der Waals surface area contributed by atoms with Crippen molar-refractivity contribution in [2.45, 2.75) is 19.8 Å². The Morgan fingerprint density at radius 3 is 2.58 bits per heavy atom. The molecule has 9 heteroatoms. The first-order valence-electron chi connectivity index (χ1n) is 9.79. The topological polar surface area (TPSA) is 45.7 Å². The van der Waals surface area contributed by atoms with E-state index < -0.39 is 0 Å². The molecular formula is C22H26Cl3N3O2S. The van der Waals surface area contributed by atoms with Crippen LogP contribution in [-0.2, 0) is 11.2 Å². The van der Waals surface area contributed by atoms with E-state index in [0.29, 0.717) is 27.5 Å². The Hall–Kier alpha value is -1.57. The molecule has 0 radical (unpaired) electrons. The number of fused-ring (bicyclic) bond motifs is 1. The molecule has 0 atom stereocenters. The second-order valence-electron chi connectivity index (χ2n) is 7.22. The number of rotatable bonds is 9. The lowest BCUT2D eigenvalue weighted by Crippen LogP contribution is -2.36. The number of nitrogens with zero attached hydrogens (tertiary/aromatic N) is 3. The standard InChI is InChI=1S/C22H25Cl2N3O2S.ClH/c1-4-15-6-8-18-20(12-15)30-22(25-18)27(11-5-10-26(2)3)21(28)14-29-19-9-7-16(23)13-17(19)24;/h6-9,12-13H,4-5,10-11,14H2,1-3H3;1H. The largest absolute Gasteiger partial charge is 0.482 e. The van der Waals surface area contributed by atoms with Crippen LogP contribution in [0.1, 0.15) is 18.9 Å². The lowest BCUT2D eigenvalue weighted by Gasteiger charge is -2.21. The van der Waals surface area contributed by atoms with Gasteiger partial charge in [0.15, 0.2) is 11.7 Å². The van der Waals surface area contributed by atoms with Gasteiger partial charge in [0.2, 0.25) is 0 Å². The molecule has 0 aliphatic heterocycles. The van der Waals surface area contributed by atoms with E-state index in [-0.39, 0.29) is 24.9 Å². The lowest BCUT2D eigenvalue weighted by atomic mass is 10.2. The third-order valence-corrected chi connectivity index (χ3v) is 6.19. The van der Waals surface area contributed by atoms with E-state index in [2.05, 4.69) is 24.0 Å². The zero-order valence-corrected chi connectivity index (χ0v) is 20.9. The van der Waals surface area contributed by atoms with Crippen molar-refractivity contribution < 1.29 is 9.53 Å². The molecule has 5 nitrogen and oxygen atoms in total. The Kier molecular flexibility index (Phi) is 9.85. The first kappa shape index (κ1) is 25.7. The summed E-state index contributed by atoms with van der Waals surface area (Å²) in [7, 11) is 4.03. The summed E-state index contributed by atoms with van der Waals surface area (Å²) < 4.78 is 6.76. The highest BCUT2D eigenvalue weighted by Gasteiger charge is 2.21. The van der Waals surface area contributed by atoms with E-state index in [1.54, 1.807) is 23.1 Å². The number of aryl methyl sites for hydroxylation is 1. The van der Waals surface area contributed by atoms with E-state index in [1.165, 1.54) is 16.9 Å². The molecule has 0 aliphatic carbocycles. The zero-order valence-electron chi connectivity index (χ0n) is 17.7. The van der Waals surface area contributed by atoms with Gasteiger partial charge in [0.1, 0.15) is 5.75 Å². The van der Waals surface area contributed by atoms with Gasteiger partial charge in [0.05, 0.1) is 15.2 Å². The molecule has 0 saturated carbocycles. The summed E-state index contributed by atoms with van der Waals surface area (Å²) >= 11 is 13.6. The number of hydrogen-bond acceptors (Lipinski definition) is 5. The highest BCUT2D eigenvalue weighted by molar-refractivity contribution is 7.22. The molecule has 0 N–H and O–H groups in total. The molecule has 1 heterocycles. The summed E-state index contributed by atoms with van der Waals surface area (Å²) in [4.78, 5) is 21.6. The van der Waals surface area contributed by atoms with Crippen molar-refractivity contribution in [1.82, 2.24) is 9.88 Å². The van der Waals surface area contributed by atoms with Gasteiger partial charge in [-0.25, -0.2) is 4.98 Å². The highest BCUT2D eigenvalue weighted by atomic mass is 35.5. The molecule has 0 aliphatic rings. The second kappa shape index (κ2) is 11.9. The Labute approximate surface area is 203 Å². The first-order chi connectivity index (χ1) is 14.4. The average Bonchev–Trinajstić information content (AvgIpc) is 3.12. The first-order valence-corrected chi connectivity index (χ1v) is 11.4. The number of thiazole rings is 1. The molecule has 2 aromatic carbocycles. The summed E-state index contributed by atoms with van der Waals surface area (Å²) in [6.45, 7) is 3.44. The van der Waals surface area contributed by atoms with Crippen molar-refractivity contribution >= 4 is 68.2 Å². The molecule has 3 aromatic rings. The number of amides is 1. The van der Waals surface area contributed by atoms with Gasteiger partial charge in [0.25, 0.3) is 5.91 Å². The third kappa shape index (κ3) is 6.96. The van der Waals surface area contributed by atoms with Gasteiger partial charge in [-0.1, -0.05) is 47.5 Å². The SMILES string of the molecule is CCc1ccc2nc(N(CCCN(C)C)C(=O)COc3ccc(Cl)cc3Cl)sc2c1.Cl. The van der Waals surface area contributed by atoms with Gasteiger partial charge >= 0.3 is 0 Å². The van der Waals surface area contributed by atoms with E-state index in [0.717, 1.165) is 29.6 Å². The van der Waals surface area contributed by atoms with Crippen LogP contribution in [0.25, 0.3) is 10.2 Å². The highest BCUT2D eigenvalue weighted by Crippen LogP contribution is 2.31. The Balaban J connectivity index is 0.00000341. The number of hydrogen-bond donors (Lipinski definition) is 0. The number of carbonyl (C=O) groups is 1. The van der Waals surface area contributed by atoms with E-state index in [4.69, 9.17) is 32.9 Å². The average molecular weight is 503 g/mol. The summed E-state index contributed by atoms with van der Waals surface area (Å²) in [5.74, 6) is 0.272. The maximum absolute atomic E-state index is 13.1. The minimum absolute atomic E-state index is 0. The lowest BCUT2D eigenvalue weighted by molar-refractivity contribution is -0.120. The second-order valence-corrected chi connectivity index (χ2v) is 9.07. The normalized spacial score (nSPS) is 10.9. The van der Waals surface area contributed by atoms with Gasteiger partial charge in [-0.2, -0.15) is 0 Å². The Bertz CT molecular complexity index is 1030. The van der Waals surface area contributed by atoms with Crippen LogP contribution >= 0.6 is 46.9 Å². The van der Waals surface area contributed by atoms with Gasteiger partial charge in [-0.15, -0.1) is 12.4 Å². The fraction of sp³-hybridized carbons (Fsp3) is 0.364. The molecule has 0 fully saturated rings. The van der Waals surface area contributed by atoms with Crippen LogP contribution in [0, 0.1) is 0 Å². The number of carbonyl (C=O) groups excluding carboxylic acids is 1. The van der Waals surface area contributed by atoms with Crippen molar-refractivity contribution in [3.63, 3.8) is 0 Å². The van der Waals surface area contributed by atoms with Gasteiger partial charge in [0, 0.05) is 11.6 Å². The number of halogens is 3. The molecule has 1 amide bonds. The number of ether oxygens (including phenoxy) is 1. The number of anilines is 1. The number of aromatic nitrogens is 1. The van der Waals surface area contributed by atoms with Gasteiger partial charge in [-0.05, 0) is 69.4 Å². The molecule has 0 bridgehead atoms. The maximum Gasteiger partial charge on any atom is 0.266 e. The summed E-state index contributed by atoms with van der Waals surface area (Å²) in [6, 6.07) is 11.2. The summed E-state index contributed by atoms with van der Waals surface area (Å²) in [6.07, 6.45) is 1.79. The summed E-state index contributed by atoms with van der Waals surface area (Å²) in [5, 5.41) is 1.58. The maximum atomic E-state index is 13.1. The third-order valence-electron chi connectivity index (χ3n) is 4.61. The zero-order chi connectivity index (χ0) is 21.7. The van der Waals surface area contributed by atoms with Crippen LogP contribution in [0.3, 0.4) is 0 Å². The fourth-order valence-electron chi connectivity index (χ4n) is 2.97. The molecule has 3 rings (SSSR count). The molecule has 0 unspecified atom stereocenters. The van der Waals surface area contributed by atoms with Crippen LogP contribution in [0.4, 0.5) is 5.13 Å². The van der Waals surface area contributed by atoms with Crippen LogP contribution in [-0.4, -0.2) is 49.6 Å². The van der Waals surface area contributed by atoms with Crippen LogP contribution in [0.15, 0.2) is 36.4 Å². The smallest absolute Gasteiger partial charge is 0.266 e. The van der Waals surface area contributed by atoms with E-state index in [1.807, 2.05) is 20.2 Å². The predicted octanol–water partition coefficient (Wildman–Crippen LogP) is 5.95. The fourth-order valence-corrected chi connectivity index (χ4v) is 4.51. The van der Waals surface area contributed by atoms with Crippen LogP contribution < -0.4 is 9.64 Å². The molecule has 0 spiro atoms. The Morgan fingerprint density at radius 1 is 1.13 bits per heavy atom. The van der Waals surface area contributed by atoms with Crippen molar-refractivity contribution in [1.29, 1.82) is 0 Å². The minimum Gasteiger partial charge on any atom is -0.482 e. The van der Waals surface area contributed by atoms with Crippen molar-refractivity contribution in [3.05, 3.63) is 52.0 Å². The van der Waals surface area contributed by atoms with Crippen molar-refractivity contribution in [2.75, 3.05) is 38.7 Å². The monoisotopic (exact) mass is 501 g/mol. The van der Waals surface area contributed by atoms with Gasteiger partial charge < -0.3 is 9.64 Å². The molecule has 1 aromatic heterocycles. The number of benzene rings is 2. The quantitative estimate of drug-likeness (QED) is 0.363. The van der Waals surface area contributed by atoms with Gasteiger partial charge in [-0.3, -0.25) is 9.69 Å². The van der Waals surface area contributed by atoms with Crippen molar-refractivity contribution in [3.8, 4) is 5.75 Å². The van der Waals surface area contributed by atoms with E-state index >= 15 is 0 Å².